The Bertz CT molecular complexity index is 1560. The summed E-state index contributed by atoms with van der Waals surface area (Å²) in [7, 11) is 0. The predicted molar refractivity (Wildman–Crippen MR) is 319 cm³/mol. The first-order valence-corrected chi connectivity index (χ1v) is 33.4. The molecule has 0 spiro atoms. The van der Waals surface area contributed by atoms with Gasteiger partial charge in [0.05, 0.1) is 38.6 Å². The molecule has 19 nitrogen and oxygen atoms in total. The molecule has 490 valence electrons. The topological polar surface area (TPSA) is 307 Å². The summed E-state index contributed by atoms with van der Waals surface area (Å²) in [6.45, 7) is 1.57. The van der Waals surface area contributed by atoms with Gasteiger partial charge >= 0.3 is 0 Å². The van der Waals surface area contributed by atoms with E-state index < -0.39 is 124 Å². The van der Waals surface area contributed by atoms with E-state index in [4.69, 9.17) is 28.4 Å². The molecule has 17 unspecified atom stereocenters. The Morgan fingerprint density at radius 1 is 0.422 bits per heavy atom. The van der Waals surface area contributed by atoms with Crippen LogP contribution in [0.15, 0.2) is 12.2 Å². The lowest BCUT2D eigenvalue weighted by Gasteiger charge is -2.48. The highest BCUT2D eigenvalue weighted by Gasteiger charge is 2.53. The number of carbonyl (C=O) groups excluding carboxylic acids is 1. The molecule has 3 fully saturated rings. The van der Waals surface area contributed by atoms with Crippen LogP contribution < -0.4 is 5.32 Å². The third kappa shape index (κ3) is 30.5. The zero-order valence-electron chi connectivity index (χ0n) is 51.4. The molecule has 0 aliphatic carbocycles. The molecule has 3 aliphatic rings. The van der Waals surface area contributed by atoms with Gasteiger partial charge in [-0.1, -0.05) is 251 Å². The first-order chi connectivity index (χ1) is 40.3. The van der Waals surface area contributed by atoms with Gasteiger partial charge in [0, 0.05) is 6.42 Å². The van der Waals surface area contributed by atoms with Crippen LogP contribution in [0.2, 0.25) is 0 Å². The van der Waals surface area contributed by atoms with Crippen molar-refractivity contribution in [1.82, 2.24) is 5.32 Å². The minimum Gasteiger partial charge on any atom is -0.394 e. The summed E-state index contributed by atoms with van der Waals surface area (Å²) in [6, 6.07) is -0.964. The van der Waals surface area contributed by atoms with Gasteiger partial charge in [0.25, 0.3) is 0 Å². The monoisotopic (exact) mass is 1190 g/mol. The van der Waals surface area contributed by atoms with Gasteiger partial charge in [0.15, 0.2) is 18.9 Å². The summed E-state index contributed by atoms with van der Waals surface area (Å²) >= 11 is 0. The highest BCUT2D eigenvalue weighted by atomic mass is 16.8. The molecule has 83 heavy (non-hydrogen) atoms. The summed E-state index contributed by atoms with van der Waals surface area (Å²) in [5.41, 5.74) is 0. The standard InChI is InChI=1S/C64H121NO18/c1-3-5-7-9-10-11-12-13-14-15-16-17-18-19-20-21-22-23-24-25-26-27-28-29-30-31-32-33-34-35-36-37-38-40-42-52(70)65-47(48(69)41-39-8-6-4-2)46-78-62-58(76)55(73)60(50(44-67)80-62)83-64-59(77)56(74)61(51(45-68)81-64)82-63-57(75)54(72)53(71)49(43-66)79-63/h39,41,47-51,53-64,66-69,71-77H,3-38,40,42-46H2,1-2H3,(H,65,70)/b41-39+. The van der Waals surface area contributed by atoms with E-state index >= 15 is 0 Å². The molecule has 12 N–H and O–H groups in total. The van der Waals surface area contributed by atoms with E-state index in [1.165, 1.54) is 193 Å². The van der Waals surface area contributed by atoms with Crippen molar-refractivity contribution in [2.45, 2.75) is 362 Å². The van der Waals surface area contributed by atoms with E-state index in [1.54, 1.807) is 6.08 Å². The van der Waals surface area contributed by atoms with Crippen LogP contribution >= 0.6 is 0 Å². The molecule has 3 saturated heterocycles. The van der Waals surface area contributed by atoms with Crippen molar-refractivity contribution in [2.75, 3.05) is 26.4 Å². The second-order valence-corrected chi connectivity index (χ2v) is 24.3. The third-order valence-electron chi connectivity index (χ3n) is 17.1. The maximum atomic E-state index is 13.2. The fourth-order valence-corrected chi connectivity index (χ4v) is 11.6. The molecule has 1 amide bonds. The first kappa shape index (κ1) is 75.8. The van der Waals surface area contributed by atoms with Crippen molar-refractivity contribution in [3.8, 4) is 0 Å². The highest BCUT2D eigenvalue weighted by molar-refractivity contribution is 5.76. The number of rotatable bonds is 51. The smallest absolute Gasteiger partial charge is 0.220 e. The van der Waals surface area contributed by atoms with Crippen molar-refractivity contribution < 1.29 is 89.4 Å². The first-order valence-electron chi connectivity index (χ1n) is 33.4. The summed E-state index contributed by atoms with van der Waals surface area (Å²) in [4.78, 5) is 13.2. The Labute approximate surface area is 499 Å². The molecular formula is C64H121NO18. The van der Waals surface area contributed by atoms with Crippen molar-refractivity contribution >= 4 is 5.91 Å². The van der Waals surface area contributed by atoms with Crippen LogP contribution in [0.5, 0.6) is 0 Å². The SMILES string of the molecule is CCCC/C=C/C(O)C(COC1OC(CO)C(OC2OC(CO)C(OC3OC(CO)C(O)C(O)C3O)C(O)C2O)C(O)C1O)NC(=O)CCCCCCCCCCCCCCCCCCCCCCCCCCCCCCCCCCCC. The van der Waals surface area contributed by atoms with E-state index in [-0.39, 0.29) is 18.9 Å². The van der Waals surface area contributed by atoms with Gasteiger partial charge in [0.2, 0.25) is 5.91 Å². The maximum absolute atomic E-state index is 13.2. The number of allylic oxidation sites excluding steroid dienone is 1. The van der Waals surface area contributed by atoms with E-state index in [2.05, 4.69) is 12.2 Å². The molecule has 0 radical (unpaired) electrons. The fraction of sp³-hybridized carbons (Fsp3) is 0.953. The summed E-state index contributed by atoms with van der Waals surface area (Å²) in [6.07, 6.45) is 24.9. The number of hydrogen-bond acceptors (Lipinski definition) is 18. The second-order valence-electron chi connectivity index (χ2n) is 24.3. The Balaban J connectivity index is 1.24. The second kappa shape index (κ2) is 47.5. The Morgan fingerprint density at radius 2 is 0.747 bits per heavy atom. The van der Waals surface area contributed by atoms with Crippen molar-refractivity contribution in [3.63, 3.8) is 0 Å². The Hall–Kier alpha value is -1.47. The van der Waals surface area contributed by atoms with E-state index in [0.29, 0.717) is 12.8 Å². The average Bonchev–Trinajstić information content (AvgIpc) is 3.29. The zero-order chi connectivity index (χ0) is 60.5. The average molecular weight is 1190 g/mol. The molecule has 0 aromatic carbocycles. The number of nitrogens with one attached hydrogen (secondary N) is 1. The van der Waals surface area contributed by atoms with Crippen LogP contribution in [-0.4, -0.2) is 193 Å². The van der Waals surface area contributed by atoms with Crippen molar-refractivity contribution in [1.29, 1.82) is 0 Å². The van der Waals surface area contributed by atoms with Gasteiger partial charge in [-0.2, -0.15) is 0 Å². The Morgan fingerprint density at radius 3 is 1.12 bits per heavy atom. The van der Waals surface area contributed by atoms with Gasteiger partial charge in [-0.05, 0) is 12.8 Å². The van der Waals surface area contributed by atoms with Crippen LogP contribution in [0, 0.1) is 0 Å². The third-order valence-corrected chi connectivity index (χ3v) is 17.1. The number of carbonyl (C=O) groups is 1. The molecule has 3 aliphatic heterocycles. The van der Waals surface area contributed by atoms with Gasteiger partial charge in [-0.25, -0.2) is 0 Å². The van der Waals surface area contributed by atoms with Gasteiger partial charge in [-0.3, -0.25) is 4.79 Å². The molecule has 19 heteroatoms. The number of aliphatic hydroxyl groups is 11. The molecule has 3 rings (SSSR count). The van der Waals surface area contributed by atoms with Gasteiger partial charge in [0.1, 0.15) is 73.2 Å². The number of aliphatic hydroxyl groups excluding tert-OH is 11. The number of unbranched alkanes of at least 4 members (excludes halogenated alkanes) is 35. The van der Waals surface area contributed by atoms with Crippen LogP contribution in [0.3, 0.4) is 0 Å². The largest absolute Gasteiger partial charge is 0.394 e. The minimum atomic E-state index is -1.97. The van der Waals surface area contributed by atoms with E-state index in [0.717, 1.165) is 32.1 Å². The Kier molecular flexibility index (Phi) is 43.4. The predicted octanol–water partition coefficient (Wildman–Crippen LogP) is 7.72. The molecule has 3 heterocycles. The lowest BCUT2D eigenvalue weighted by Crippen LogP contribution is -2.66. The van der Waals surface area contributed by atoms with Crippen molar-refractivity contribution in [3.05, 3.63) is 12.2 Å². The fourth-order valence-electron chi connectivity index (χ4n) is 11.6. The van der Waals surface area contributed by atoms with Crippen LogP contribution in [0.1, 0.15) is 258 Å². The number of ether oxygens (including phenoxy) is 6. The lowest BCUT2D eigenvalue weighted by molar-refractivity contribution is -0.379. The van der Waals surface area contributed by atoms with Gasteiger partial charge in [-0.15, -0.1) is 0 Å². The molecule has 0 saturated carbocycles. The molecule has 0 aromatic rings. The lowest BCUT2D eigenvalue weighted by atomic mass is 9.96. The number of amides is 1. The molecule has 0 bridgehead atoms. The minimum absolute atomic E-state index is 0.247. The summed E-state index contributed by atoms with van der Waals surface area (Å²) < 4.78 is 34.0. The van der Waals surface area contributed by atoms with Crippen LogP contribution in [0.25, 0.3) is 0 Å². The molecular weight excluding hydrogens is 1070 g/mol. The molecule has 0 aromatic heterocycles. The van der Waals surface area contributed by atoms with Crippen LogP contribution in [0.4, 0.5) is 0 Å². The summed E-state index contributed by atoms with van der Waals surface area (Å²) in [5.74, 6) is -0.280. The number of hydrogen-bond donors (Lipinski definition) is 12. The van der Waals surface area contributed by atoms with Gasteiger partial charge < -0.3 is 89.9 Å². The maximum Gasteiger partial charge on any atom is 0.220 e. The normalized spacial score (nSPS) is 29.4. The van der Waals surface area contributed by atoms with E-state index in [1.807, 2.05) is 13.0 Å². The van der Waals surface area contributed by atoms with Crippen molar-refractivity contribution in [2.24, 2.45) is 0 Å². The zero-order valence-corrected chi connectivity index (χ0v) is 51.4. The highest BCUT2D eigenvalue weighted by Crippen LogP contribution is 2.33. The quantitative estimate of drug-likeness (QED) is 0.0205. The van der Waals surface area contributed by atoms with Crippen LogP contribution in [-0.2, 0) is 33.2 Å². The van der Waals surface area contributed by atoms with E-state index in [9.17, 15) is 61.0 Å². The molecule has 17 atom stereocenters. The summed E-state index contributed by atoms with van der Waals surface area (Å²) in [5, 5.41) is 119.